The lowest BCUT2D eigenvalue weighted by atomic mass is 10.1. The normalized spacial score (nSPS) is 12.3. The zero-order chi connectivity index (χ0) is 44.8. The fraction of sp³-hybridized carbons (Fsp3) is 0.182. The number of benzene rings is 4. The monoisotopic (exact) mass is 862 g/mol. The van der Waals surface area contributed by atoms with Crippen molar-refractivity contribution in [2.24, 2.45) is 0 Å². The van der Waals surface area contributed by atoms with E-state index in [0.717, 1.165) is 36.6 Å². The molecule has 0 atom stereocenters. The molecule has 6 aromatic rings. The lowest BCUT2D eigenvalue weighted by Crippen LogP contribution is -2.22. The SMILES string of the molecule is C#Cc1ccc(Oc2ccc(COc3cc4n(c(=O)n3)CCN4)cc2F)cc1C(F)(F)F.CN1CCn2c1cc(OCc1ccc(Oc3ccc(C#N)c(F)c3)c(C#N)c1)nc2=O. The molecule has 14 nitrogen and oxygen atoms in total. The summed E-state index contributed by atoms with van der Waals surface area (Å²) in [5.41, 5.74) is -0.990. The van der Waals surface area contributed by atoms with Gasteiger partial charge in [0.25, 0.3) is 0 Å². The largest absolute Gasteiger partial charge is 0.473 e. The van der Waals surface area contributed by atoms with Crippen molar-refractivity contribution < 1.29 is 40.9 Å². The first-order valence-electron chi connectivity index (χ1n) is 18.7. The van der Waals surface area contributed by atoms with Crippen molar-refractivity contribution in [1.82, 2.24) is 19.1 Å². The van der Waals surface area contributed by atoms with Crippen LogP contribution in [0.2, 0.25) is 0 Å². The number of nitrogens with zero attached hydrogens (tertiary/aromatic N) is 7. The highest BCUT2D eigenvalue weighted by atomic mass is 19.4. The number of nitrogens with one attached hydrogen (secondary N) is 1. The van der Waals surface area contributed by atoms with Crippen molar-refractivity contribution in [1.29, 1.82) is 10.5 Å². The molecule has 0 radical (unpaired) electrons. The Morgan fingerprint density at radius 3 is 1.98 bits per heavy atom. The number of ether oxygens (including phenoxy) is 4. The van der Waals surface area contributed by atoms with E-state index < -0.39 is 29.1 Å². The van der Waals surface area contributed by atoms with Crippen LogP contribution in [0.4, 0.5) is 33.6 Å². The average molecular weight is 863 g/mol. The molecule has 318 valence electrons. The molecule has 4 heterocycles. The van der Waals surface area contributed by atoms with Crippen LogP contribution in [0.1, 0.15) is 33.4 Å². The van der Waals surface area contributed by atoms with Gasteiger partial charge in [-0.25, -0.2) is 18.4 Å². The second kappa shape index (κ2) is 18.1. The van der Waals surface area contributed by atoms with E-state index in [2.05, 4.69) is 15.3 Å². The smallest absolute Gasteiger partial charge is 0.417 e. The number of terminal acetylenes is 1. The zero-order valence-electron chi connectivity index (χ0n) is 32.9. The van der Waals surface area contributed by atoms with E-state index >= 15 is 0 Å². The maximum absolute atomic E-state index is 14.5. The quantitative estimate of drug-likeness (QED) is 0.109. The molecule has 0 fully saturated rings. The standard InChI is InChI=1S/C22H15F4N3O3.C22H16FN5O3/c1-2-14-4-5-15(10-16(14)22(24,25)26)32-18-6-3-13(9-17(18)23)12-31-20-11-19-27-7-8-29(19)21(30)28-20;1-27-6-7-28-21(27)10-20(26-22(28)29)30-13-14-2-5-19(16(8-14)12-25)31-17-4-3-15(11-24)18(23)9-17/h1,3-6,9-11,27H,7-8,12H2;2-5,8-10H,6-7,13H2,1H3. The van der Waals surface area contributed by atoms with Crippen molar-refractivity contribution in [3.63, 3.8) is 0 Å². The van der Waals surface area contributed by atoms with E-state index in [1.165, 1.54) is 34.9 Å². The van der Waals surface area contributed by atoms with Crippen molar-refractivity contribution in [3.8, 4) is 59.2 Å². The fourth-order valence-corrected chi connectivity index (χ4v) is 6.38. The molecule has 0 saturated carbocycles. The van der Waals surface area contributed by atoms with Gasteiger partial charge in [0.1, 0.15) is 60.1 Å². The first-order chi connectivity index (χ1) is 30.2. The minimum absolute atomic E-state index is 0.0812. The molecule has 19 heteroatoms. The van der Waals surface area contributed by atoms with Gasteiger partial charge in [0.15, 0.2) is 11.6 Å². The maximum atomic E-state index is 14.5. The van der Waals surface area contributed by atoms with Crippen molar-refractivity contribution >= 4 is 11.6 Å². The summed E-state index contributed by atoms with van der Waals surface area (Å²) < 4.78 is 92.7. The third-order valence-electron chi connectivity index (χ3n) is 9.55. The Kier molecular flexibility index (Phi) is 12.3. The third kappa shape index (κ3) is 9.82. The second-order valence-corrected chi connectivity index (χ2v) is 13.7. The van der Waals surface area contributed by atoms with Crippen LogP contribution >= 0.6 is 0 Å². The molecule has 2 aliphatic heterocycles. The summed E-state index contributed by atoms with van der Waals surface area (Å²) >= 11 is 0. The van der Waals surface area contributed by atoms with E-state index in [-0.39, 0.29) is 70.4 Å². The van der Waals surface area contributed by atoms with E-state index in [0.29, 0.717) is 36.6 Å². The van der Waals surface area contributed by atoms with Gasteiger partial charge in [-0.3, -0.25) is 9.13 Å². The van der Waals surface area contributed by atoms with Gasteiger partial charge in [0.05, 0.1) is 16.7 Å². The minimum Gasteiger partial charge on any atom is -0.473 e. The number of hydrogen-bond acceptors (Lipinski definition) is 12. The number of fused-ring (bicyclic) bond motifs is 2. The average Bonchev–Trinajstić information content (AvgIpc) is 3.90. The number of alkyl halides is 3. The maximum Gasteiger partial charge on any atom is 0.417 e. The van der Waals surface area contributed by atoms with Crippen LogP contribution in [0.15, 0.2) is 94.5 Å². The molecule has 1 N–H and O–H groups in total. The molecule has 63 heavy (non-hydrogen) atoms. The summed E-state index contributed by atoms with van der Waals surface area (Å²) in [5, 5.41) is 21.3. The van der Waals surface area contributed by atoms with Crippen LogP contribution in [-0.2, 0) is 32.5 Å². The Morgan fingerprint density at radius 1 is 0.714 bits per heavy atom. The molecule has 0 spiro atoms. The van der Waals surface area contributed by atoms with Crippen LogP contribution in [0, 0.1) is 46.6 Å². The van der Waals surface area contributed by atoms with Crippen molar-refractivity contribution in [3.05, 3.63) is 151 Å². The van der Waals surface area contributed by atoms with Gasteiger partial charge in [-0.05, 0) is 65.7 Å². The van der Waals surface area contributed by atoms with Crippen LogP contribution in [0.25, 0.3) is 0 Å². The number of nitriles is 2. The highest BCUT2D eigenvalue weighted by Crippen LogP contribution is 2.36. The third-order valence-corrected chi connectivity index (χ3v) is 9.55. The predicted molar refractivity (Wildman–Crippen MR) is 216 cm³/mol. The molecular weight excluding hydrogens is 832 g/mol. The van der Waals surface area contributed by atoms with Crippen LogP contribution < -0.4 is 40.5 Å². The molecule has 4 aromatic carbocycles. The van der Waals surface area contributed by atoms with Gasteiger partial charge in [-0.15, -0.1) is 6.42 Å². The van der Waals surface area contributed by atoms with Gasteiger partial charge in [-0.2, -0.15) is 33.7 Å². The minimum atomic E-state index is -4.68. The molecule has 0 saturated heterocycles. The summed E-state index contributed by atoms with van der Waals surface area (Å²) in [6, 6.07) is 22.7. The first-order valence-corrected chi connectivity index (χ1v) is 18.7. The summed E-state index contributed by atoms with van der Waals surface area (Å²) in [7, 11) is 1.89. The molecule has 0 unspecified atom stereocenters. The Balaban J connectivity index is 0.000000189. The summed E-state index contributed by atoms with van der Waals surface area (Å²) in [6.07, 6.45) is 0.431. The highest BCUT2D eigenvalue weighted by Gasteiger charge is 2.33. The molecule has 0 amide bonds. The Hall–Kier alpha value is -8.37. The topological polar surface area (TPSA) is 170 Å². The Morgan fingerprint density at radius 2 is 1.33 bits per heavy atom. The fourth-order valence-electron chi connectivity index (χ4n) is 6.38. The first kappa shape index (κ1) is 42.7. The lowest BCUT2D eigenvalue weighted by Gasteiger charge is -2.13. The van der Waals surface area contributed by atoms with Gasteiger partial charge < -0.3 is 29.2 Å². The van der Waals surface area contributed by atoms with Crippen LogP contribution in [0.3, 0.4) is 0 Å². The number of rotatable bonds is 10. The molecule has 8 rings (SSSR count). The highest BCUT2D eigenvalue weighted by molar-refractivity contribution is 5.50. The predicted octanol–water partition coefficient (Wildman–Crippen LogP) is 7.13. The van der Waals surface area contributed by atoms with Crippen molar-refractivity contribution in [2.75, 3.05) is 30.4 Å². The van der Waals surface area contributed by atoms with E-state index in [1.807, 2.05) is 23.9 Å². The van der Waals surface area contributed by atoms with E-state index in [1.54, 1.807) is 41.0 Å². The summed E-state index contributed by atoms with van der Waals surface area (Å²) in [5.74, 6) is 2.01. The lowest BCUT2D eigenvalue weighted by molar-refractivity contribution is -0.137. The van der Waals surface area contributed by atoms with Crippen LogP contribution in [0.5, 0.6) is 34.8 Å². The molecule has 0 aliphatic carbocycles. The van der Waals surface area contributed by atoms with E-state index in [4.69, 9.17) is 30.6 Å². The Labute approximate surface area is 354 Å². The number of anilines is 2. The molecule has 2 aliphatic rings. The van der Waals surface area contributed by atoms with Gasteiger partial charge in [0.2, 0.25) is 11.8 Å². The van der Waals surface area contributed by atoms with Gasteiger partial charge in [0, 0.05) is 57.0 Å². The van der Waals surface area contributed by atoms with Gasteiger partial charge in [-0.1, -0.05) is 18.1 Å². The molecule has 2 aromatic heterocycles. The summed E-state index contributed by atoms with van der Waals surface area (Å²) in [4.78, 5) is 33.7. The Bertz CT molecular complexity index is 2990. The van der Waals surface area contributed by atoms with Crippen molar-refractivity contribution in [2.45, 2.75) is 32.5 Å². The van der Waals surface area contributed by atoms with Crippen LogP contribution in [-0.4, -0.2) is 39.2 Å². The van der Waals surface area contributed by atoms with Gasteiger partial charge >= 0.3 is 17.6 Å². The molecular formula is C44H31F5N8O6. The summed E-state index contributed by atoms with van der Waals surface area (Å²) in [6.45, 7) is 2.47. The number of aromatic nitrogens is 4. The van der Waals surface area contributed by atoms with E-state index in [9.17, 15) is 36.8 Å². The molecule has 0 bridgehead atoms. The number of halogens is 5. The zero-order valence-corrected chi connectivity index (χ0v) is 32.9. The number of hydrogen-bond donors (Lipinski definition) is 1. The number of likely N-dealkylation sites (N-methyl/N-ethyl adjacent to an activating group) is 1. The second-order valence-electron chi connectivity index (χ2n) is 13.7.